The lowest BCUT2D eigenvalue weighted by molar-refractivity contribution is -0.420. The van der Waals surface area contributed by atoms with Gasteiger partial charge in [0.15, 0.2) is 0 Å². The molecule has 0 aromatic carbocycles. The Hall–Kier alpha value is -0.640. The minimum atomic E-state index is -0.327. The first kappa shape index (κ1) is 8.46. The third-order valence-electron chi connectivity index (χ3n) is 1.61. The monoisotopic (exact) mass is 217 g/mol. The van der Waals surface area contributed by atoms with Crippen molar-refractivity contribution in [3.05, 3.63) is 33.5 Å². The molecular weight excluding hydrogens is 210 g/mol. The number of alkyl halides is 1. The van der Waals surface area contributed by atoms with Gasteiger partial charge in [-0.25, -0.2) is 0 Å². The molecule has 1 aliphatic carbocycles. The van der Waals surface area contributed by atoms with E-state index < -0.39 is 0 Å². The minimum Gasteiger partial charge on any atom is -0.258 e. The van der Waals surface area contributed by atoms with Crippen molar-refractivity contribution < 1.29 is 4.92 Å². The number of nitro groups is 1. The van der Waals surface area contributed by atoms with Crippen LogP contribution < -0.4 is 0 Å². The predicted octanol–water partition coefficient (Wildman–Crippen LogP) is 2.26. The van der Waals surface area contributed by atoms with Crippen molar-refractivity contribution in [2.75, 3.05) is 5.33 Å². The van der Waals surface area contributed by atoms with E-state index in [4.69, 9.17) is 0 Å². The van der Waals surface area contributed by atoms with E-state index in [2.05, 4.69) is 15.9 Å². The smallest absolute Gasteiger partial charge is 0.258 e. The summed E-state index contributed by atoms with van der Waals surface area (Å²) >= 11 is 3.22. The Morgan fingerprint density at radius 3 is 2.91 bits per heavy atom. The number of halogens is 1. The second-order valence-corrected chi connectivity index (χ2v) is 2.88. The van der Waals surface area contributed by atoms with Crippen molar-refractivity contribution in [3.63, 3.8) is 0 Å². The summed E-state index contributed by atoms with van der Waals surface area (Å²) in [5, 5.41) is 11.0. The van der Waals surface area contributed by atoms with Crippen molar-refractivity contribution >= 4 is 15.9 Å². The summed E-state index contributed by atoms with van der Waals surface area (Å²) < 4.78 is 0. The fourth-order valence-electron chi connectivity index (χ4n) is 1.02. The van der Waals surface area contributed by atoms with Gasteiger partial charge in [0, 0.05) is 17.0 Å². The Balaban J connectivity index is 2.92. The van der Waals surface area contributed by atoms with Gasteiger partial charge >= 0.3 is 0 Å². The zero-order valence-corrected chi connectivity index (χ0v) is 7.50. The topological polar surface area (TPSA) is 43.1 Å². The first-order valence-corrected chi connectivity index (χ1v) is 4.46. The molecule has 0 N–H and O–H groups in total. The van der Waals surface area contributed by atoms with Crippen LogP contribution in [0.4, 0.5) is 0 Å². The SMILES string of the molecule is O=[N+]([O-])C1=C(CBr)CCC=C1. The summed E-state index contributed by atoms with van der Waals surface area (Å²) in [6.45, 7) is 0. The molecule has 1 aliphatic rings. The Kier molecular flexibility index (Phi) is 2.82. The molecule has 0 saturated carbocycles. The highest BCUT2D eigenvalue weighted by Gasteiger charge is 2.16. The third-order valence-corrected chi connectivity index (χ3v) is 2.29. The molecule has 0 fully saturated rings. The summed E-state index contributed by atoms with van der Waals surface area (Å²) in [4.78, 5) is 10.1. The normalized spacial score (nSPS) is 17.2. The van der Waals surface area contributed by atoms with Crippen LogP contribution in [0.2, 0.25) is 0 Å². The molecule has 1 rings (SSSR count). The Morgan fingerprint density at radius 2 is 2.45 bits per heavy atom. The molecule has 0 unspecified atom stereocenters. The number of rotatable bonds is 2. The molecule has 4 heteroatoms. The summed E-state index contributed by atoms with van der Waals surface area (Å²) in [6, 6.07) is 0. The second-order valence-electron chi connectivity index (χ2n) is 2.32. The molecule has 0 heterocycles. The standard InChI is InChI=1S/C7H8BrNO2/c8-5-6-3-1-2-4-7(6)9(10)11/h2,4H,1,3,5H2. The summed E-state index contributed by atoms with van der Waals surface area (Å²) in [6.07, 6.45) is 5.14. The maximum atomic E-state index is 10.4. The maximum absolute atomic E-state index is 10.4. The van der Waals surface area contributed by atoms with E-state index in [-0.39, 0.29) is 10.6 Å². The highest BCUT2D eigenvalue weighted by Crippen LogP contribution is 2.20. The lowest BCUT2D eigenvalue weighted by atomic mass is 10.0. The van der Waals surface area contributed by atoms with Crippen LogP contribution in [-0.4, -0.2) is 10.3 Å². The average Bonchev–Trinajstić information content (AvgIpc) is 2.04. The highest BCUT2D eigenvalue weighted by atomic mass is 79.9. The van der Waals surface area contributed by atoms with E-state index >= 15 is 0 Å². The second kappa shape index (κ2) is 3.67. The number of hydrogen-bond acceptors (Lipinski definition) is 2. The van der Waals surface area contributed by atoms with Crippen molar-refractivity contribution in [2.24, 2.45) is 0 Å². The predicted molar refractivity (Wildman–Crippen MR) is 46.2 cm³/mol. The fraction of sp³-hybridized carbons (Fsp3) is 0.429. The van der Waals surface area contributed by atoms with Crippen LogP contribution in [0.25, 0.3) is 0 Å². The Bertz CT molecular complexity index is 233. The summed E-state index contributed by atoms with van der Waals surface area (Å²) in [7, 11) is 0. The average molecular weight is 218 g/mol. The molecule has 0 atom stereocenters. The molecule has 3 nitrogen and oxygen atoms in total. The lowest BCUT2D eigenvalue weighted by Gasteiger charge is -2.05. The van der Waals surface area contributed by atoms with E-state index in [0.717, 1.165) is 18.4 Å². The van der Waals surface area contributed by atoms with Crippen molar-refractivity contribution in [1.82, 2.24) is 0 Å². The van der Waals surface area contributed by atoms with Gasteiger partial charge in [0.25, 0.3) is 5.70 Å². The van der Waals surface area contributed by atoms with Gasteiger partial charge in [-0.3, -0.25) is 10.1 Å². The van der Waals surface area contributed by atoms with Crippen LogP contribution in [0.1, 0.15) is 12.8 Å². The molecule has 0 amide bonds. The minimum absolute atomic E-state index is 0.258. The number of nitrogens with zero attached hydrogens (tertiary/aromatic N) is 1. The van der Waals surface area contributed by atoms with Gasteiger partial charge in [-0.1, -0.05) is 22.0 Å². The van der Waals surface area contributed by atoms with Crippen LogP contribution in [0.5, 0.6) is 0 Å². The van der Waals surface area contributed by atoms with Gasteiger partial charge in [0.1, 0.15) is 0 Å². The van der Waals surface area contributed by atoms with Gasteiger partial charge in [0.2, 0.25) is 0 Å². The van der Waals surface area contributed by atoms with E-state index in [1.54, 1.807) is 6.08 Å². The lowest BCUT2D eigenvalue weighted by Crippen LogP contribution is -2.04. The molecule has 11 heavy (non-hydrogen) atoms. The Morgan fingerprint density at radius 1 is 1.73 bits per heavy atom. The first-order chi connectivity index (χ1) is 5.25. The quantitative estimate of drug-likeness (QED) is 0.405. The van der Waals surface area contributed by atoms with Crippen LogP contribution in [0, 0.1) is 10.1 Å². The molecule has 0 aromatic heterocycles. The molecule has 60 valence electrons. The highest BCUT2D eigenvalue weighted by molar-refractivity contribution is 9.09. The van der Waals surface area contributed by atoms with Gasteiger partial charge in [0.05, 0.1) is 4.92 Å². The van der Waals surface area contributed by atoms with Gasteiger partial charge in [-0.15, -0.1) is 0 Å². The first-order valence-electron chi connectivity index (χ1n) is 3.34. The molecule has 0 spiro atoms. The van der Waals surface area contributed by atoms with Crippen molar-refractivity contribution in [3.8, 4) is 0 Å². The van der Waals surface area contributed by atoms with E-state index in [0.29, 0.717) is 5.33 Å². The molecule has 0 aromatic rings. The van der Waals surface area contributed by atoms with Crippen LogP contribution in [0.3, 0.4) is 0 Å². The molecule has 0 radical (unpaired) electrons. The molecule has 0 aliphatic heterocycles. The molecule has 0 saturated heterocycles. The van der Waals surface area contributed by atoms with Crippen LogP contribution in [0.15, 0.2) is 23.4 Å². The Labute approximate surface area is 73.1 Å². The van der Waals surface area contributed by atoms with Crippen molar-refractivity contribution in [2.45, 2.75) is 12.8 Å². The zero-order chi connectivity index (χ0) is 8.27. The van der Waals surface area contributed by atoms with Gasteiger partial charge < -0.3 is 0 Å². The van der Waals surface area contributed by atoms with E-state index in [1.165, 1.54) is 0 Å². The van der Waals surface area contributed by atoms with Crippen molar-refractivity contribution in [1.29, 1.82) is 0 Å². The maximum Gasteiger partial charge on any atom is 0.269 e. The largest absolute Gasteiger partial charge is 0.269 e. The number of hydrogen-bond donors (Lipinski definition) is 0. The summed E-state index contributed by atoms with van der Waals surface area (Å²) in [5.74, 6) is 0. The molecule has 0 bridgehead atoms. The van der Waals surface area contributed by atoms with Gasteiger partial charge in [-0.05, 0) is 12.8 Å². The molecular formula is C7H8BrNO2. The fourth-order valence-corrected chi connectivity index (χ4v) is 1.59. The van der Waals surface area contributed by atoms with Crippen LogP contribution >= 0.6 is 15.9 Å². The summed E-state index contributed by atoms with van der Waals surface area (Å²) in [5.41, 5.74) is 1.14. The third kappa shape index (κ3) is 1.89. The van der Waals surface area contributed by atoms with E-state index in [9.17, 15) is 10.1 Å². The van der Waals surface area contributed by atoms with Crippen LogP contribution in [-0.2, 0) is 0 Å². The zero-order valence-electron chi connectivity index (χ0n) is 5.92. The van der Waals surface area contributed by atoms with E-state index in [1.807, 2.05) is 6.08 Å². The number of allylic oxidation sites excluding steroid dienone is 3. The van der Waals surface area contributed by atoms with Gasteiger partial charge in [-0.2, -0.15) is 0 Å².